The second-order valence-electron chi connectivity index (χ2n) is 10.0. The average Bonchev–Trinajstić information content (AvgIpc) is 3.48. The van der Waals surface area contributed by atoms with E-state index in [1.54, 1.807) is 34.2 Å². The first-order valence-corrected chi connectivity index (χ1v) is 15.9. The van der Waals surface area contributed by atoms with Crippen LogP contribution in [-0.2, 0) is 27.5 Å². The van der Waals surface area contributed by atoms with Gasteiger partial charge in [0.05, 0.1) is 13.1 Å². The zero-order valence-electron chi connectivity index (χ0n) is 23.4. The van der Waals surface area contributed by atoms with Crippen LogP contribution in [0.1, 0.15) is 34.5 Å². The lowest BCUT2D eigenvalue weighted by molar-refractivity contribution is -0.141. The summed E-state index contributed by atoms with van der Waals surface area (Å²) >= 11 is 3.11. The number of aliphatic carboxylic acids is 1. The Hall–Kier alpha value is -3.47. The van der Waals surface area contributed by atoms with Crippen molar-refractivity contribution in [2.75, 3.05) is 31.6 Å². The molecule has 0 radical (unpaired) electrons. The van der Waals surface area contributed by atoms with Gasteiger partial charge in [-0.3, -0.25) is 14.5 Å². The molecule has 1 aliphatic rings. The topological polar surface area (TPSA) is 103 Å². The molecular formula is C31H36N4O4S2. The van der Waals surface area contributed by atoms with Crippen LogP contribution in [-0.4, -0.2) is 75.4 Å². The molecule has 2 amide bonds. The van der Waals surface area contributed by atoms with Gasteiger partial charge in [-0.05, 0) is 54.0 Å². The Kier molecular flexibility index (Phi) is 11.1. The van der Waals surface area contributed by atoms with Gasteiger partial charge in [0.1, 0.15) is 11.0 Å². The molecule has 0 saturated heterocycles. The minimum atomic E-state index is -1.04. The number of nitrogens with one attached hydrogen (secondary N) is 1. The van der Waals surface area contributed by atoms with Crippen LogP contribution in [0.15, 0.2) is 71.7 Å². The smallest absolute Gasteiger partial charge is 0.326 e. The molecule has 1 unspecified atom stereocenters. The quantitative estimate of drug-likeness (QED) is 0.302. The van der Waals surface area contributed by atoms with Gasteiger partial charge in [-0.2, -0.15) is 11.8 Å². The van der Waals surface area contributed by atoms with E-state index in [4.69, 9.17) is 0 Å². The molecule has 0 bridgehead atoms. The van der Waals surface area contributed by atoms with E-state index in [-0.39, 0.29) is 24.9 Å². The lowest BCUT2D eigenvalue weighted by atomic mass is 9.90. The molecule has 2 N–H and O–H groups in total. The zero-order valence-corrected chi connectivity index (χ0v) is 25.0. The predicted molar refractivity (Wildman–Crippen MR) is 165 cm³/mol. The van der Waals surface area contributed by atoms with Crippen LogP contribution in [0.5, 0.6) is 0 Å². The Labute approximate surface area is 249 Å². The summed E-state index contributed by atoms with van der Waals surface area (Å²) in [5.41, 5.74) is 4.32. The molecule has 0 spiro atoms. The van der Waals surface area contributed by atoms with Crippen molar-refractivity contribution in [1.29, 1.82) is 0 Å². The lowest BCUT2D eigenvalue weighted by Gasteiger charge is -2.33. The summed E-state index contributed by atoms with van der Waals surface area (Å²) in [5, 5.41) is 15.3. The standard InChI is InChI=1S/C31H36N4O4S2/c1-22-8-6-7-11-24(22)26-19-35(15-12-25(26)30(37)33-27(31(38)39)13-16-40-2)29(36)21-34(20-28-32-14-17-41-28)18-23-9-4-3-5-10-23/h3-11,14,17,27H,12-13,15-16,18-21H2,1-2H3,(H,33,37)(H,38,39). The number of amides is 2. The van der Waals surface area contributed by atoms with Gasteiger partial charge in [0, 0.05) is 36.8 Å². The monoisotopic (exact) mass is 592 g/mol. The molecule has 10 heteroatoms. The van der Waals surface area contributed by atoms with Gasteiger partial charge in [0.2, 0.25) is 11.8 Å². The number of carbonyl (C=O) groups excluding carboxylic acids is 2. The van der Waals surface area contributed by atoms with E-state index in [2.05, 4.69) is 15.2 Å². The largest absolute Gasteiger partial charge is 0.480 e. The summed E-state index contributed by atoms with van der Waals surface area (Å²) in [4.78, 5) is 47.3. The summed E-state index contributed by atoms with van der Waals surface area (Å²) in [6.07, 6.45) is 4.37. The van der Waals surface area contributed by atoms with E-state index in [0.29, 0.717) is 43.8 Å². The second-order valence-corrected chi connectivity index (χ2v) is 12.0. The van der Waals surface area contributed by atoms with Crippen LogP contribution in [0.2, 0.25) is 0 Å². The fourth-order valence-corrected chi connectivity index (χ4v) is 6.08. The maximum atomic E-state index is 13.7. The molecule has 1 aromatic heterocycles. The molecule has 41 heavy (non-hydrogen) atoms. The molecule has 3 aromatic rings. The van der Waals surface area contributed by atoms with Gasteiger partial charge in [-0.25, -0.2) is 9.78 Å². The molecule has 4 rings (SSSR count). The predicted octanol–water partition coefficient (Wildman–Crippen LogP) is 4.46. The highest BCUT2D eigenvalue weighted by Crippen LogP contribution is 2.29. The third kappa shape index (κ3) is 8.51. The third-order valence-electron chi connectivity index (χ3n) is 7.11. The zero-order chi connectivity index (χ0) is 29.2. The van der Waals surface area contributed by atoms with Crippen molar-refractivity contribution in [3.8, 4) is 0 Å². The van der Waals surface area contributed by atoms with Gasteiger partial charge in [0.15, 0.2) is 0 Å². The Bertz CT molecular complexity index is 1360. The van der Waals surface area contributed by atoms with E-state index < -0.39 is 12.0 Å². The Balaban J connectivity index is 1.56. The molecule has 0 aliphatic carbocycles. The number of carboxylic acid groups (broad SMARTS) is 1. The van der Waals surface area contributed by atoms with Crippen molar-refractivity contribution in [1.82, 2.24) is 20.1 Å². The van der Waals surface area contributed by atoms with Gasteiger partial charge >= 0.3 is 5.97 Å². The summed E-state index contributed by atoms with van der Waals surface area (Å²) in [5.74, 6) is -0.814. The van der Waals surface area contributed by atoms with Gasteiger partial charge < -0.3 is 15.3 Å². The van der Waals surface area contributed by atoms with Crippen LogP contribution in [0.3, 0.4) is 0 Å². The van der Waals surface area contributed by atoms with Crippen LogP contribution < -0.4 is 5.32 Å². The molecule has 216 valence electrons. The highest BCUT2D eigenvalue weighted by atomic mass is 32.2. The summed E-state index contributed by atoms with van der Waals surface area (Å²) in [6.45, 7) is 4.04. The highest BCUT2D eigenvalue weighted by molar-refractivity contribution is 7.98. The van der Waals surface area contributed by atoms with Crippen molar-refractivity contribution in [2.45, 2.75) is 38.9 Å². The van der Waals surface area contributed by atoms with Crippen LogP contribution in [0.4, 0.5) is 0 Å². The van der Waals surface area contributed by atoms with Crippen molar-refractivity contribution in [3.63, 3.8) is 0 Å². The van der Waals surface area contributed by atoms with Crippen LogP contribution in [0.25, 0.3) is 5.57 Å². The summed E-state index contributed by atoms with van der Waals surface area (Å²) in [6, 6.07) is 16.9. The Morgan fingerprint density at radius 3 is 2.56 bits per heavy atom. The maximum absolute atomic E-state index is 13.7. The summed E-state index contributed by atoms with van der Waals surface area (Å²) < 4.78 is 0. The fourth-order valence-electron chi connectivity index (χ4n) is 4.95. The van der Waals surface area contributed by atoms with E-state index in [9.17, 15) is 19.5 Å². The van der Waals surface area contributed by atoms with E-state index >= 15 is 0 Å². The van der Waals surface area contributed by atoms with Crippen molar-refractivity contribution in [3.05, 3.63) is 93.4 Å². The van der Waals surface area contributed by atoms with Crippen LogP contribution >= 0.6 is 23.1 Å². The number of hydrogen-bond acceptors (Lipinski definition) is 7. The number of carboxylic acids is 1. The van der Waals surface area contributed by atoms with Gasteiger partial charge in [-0.15, -0.1) is 11.3 Å². The summed E-state index contributed by atoms with van der Waals surface area (Å²) in [7, 11) is 0. The SMILES string of the molecule is CSCCC(NC(=O)C1=C(c2ccccc2C)CN(C(=O)CN(Cc2ccccc2)Cc2nccs2)CC1)C(=O)O. The van der Waals surface area contributed by atoms with E-state index in [1.165, 1.54) is 0 Å². The number of aromatic nitrogens is 1. The van der Waals surface area contributed by atoms with E-state index in [1.807, 2.05) is 73.2 Å². The number of nitrogens with zero attached hydrogens (tertiary/aromatic N) is 3. The number of thioether (sulfide) groups is 1. The molecular weight excluding hydrogens is 556 g/mol. The molecule has 2 aromatic carbocycles. The molecule has 1 atom stereocenters. The first-order chi connectivity index (χ1) is 19.9. The maximum Gasteiger partial charge on any atom is 0.326 e. The molecule has 1 aliphatic heterocycles. The number of hydrogen-bond donors (Lipinski definition) is 2. The minimum Gasteiger partial charge on any atom is -0.480 e. The van der Waals surface area contributed by atoms with Crippen LogP contribution in [0, 0.1) is 6.92 Å². The Morgan fingerprint density at radius 2 is 1.88 bits per heavy atom. The average molecular weight is 593 g/mol. The van der Waals surface area contributed by atoms with Gasteiger partial charge in [0.25, 0.3) is 0 Å². The van der Waals surface area contributed by atoms with E-state index in [0.717, 1.165) is 27.3 Å². The first-order valence-electron chi connectivity index (χ1n) is 13.6. The number of benzene rings is 2. The minimum absolute atomic E-state index is 0.0218. The third-order valence-corrected chi connectivity index (χ3v) is 8.51. The number of carbonyl (C=O) groups is 3. The second kappa shape index (κ2) is 15.0. The molecule has 8 nitrogen and oxygen atoms in total. The fraction of sp³-hybridized carbons (Fsp3) is 0.355. The van der Waals surface area contributed by atoms with Crippen molar-refractivity contribution < 1.29 is 19.5 Å². The number of aryl methyl sites for hydroxylation is 1. The molecule has 0 fully saturated rings. The normalized spacial score (nSPS) is 14.3. The molecule has 0 saturated carbocycles. The van der Waals surface area contributed by atoms with Crippen molar-refractivity contribution in [2.24, 2.45) is 0 Å². The molecule has 2 heterocycles. The lowest BCUT2D eigenvalue weighted by Crippen LogP contribution is -2.46. The number of thiazole rings is 1. The number of rotatable bonds is 13. The first kappa shape index (κ1) is 30.5. The van der Waals surface area contributed by atoms with Gasteiger partial charge in [-0.1, -0.05) is 54.6 Å². The Morgan fingerprint density at radius 1 is 1.12 bits per heavy atom. The highest BCUT2D eigenvalue weighted by Gasteiger charge is 2.30. The van der Waals surface area contributed by atoms with Crippen molar-refractivity contribution >= 4 is 46.5 Å².